The lowest BCUT2D eigenvalue weighted by atomic mass is 10.3. The van der Waals surface area contributed by atoms with Crippen LogP contribution in [0.2, 0.25) is 0 Å². The van der Waals surface area contributed by atoms with E-state index >= 15 is 0 Å². The Labute approximate surface area is 84.8 Å². The zero-order valence-electron chi connectivity index (χ0n) is 7.87. The fourth-order valence-corrected chi connectivity index (χ4v) is 1.02. The number of hydrogen-bond acceptors (Lipinski definition) is 3. The van der Waals surface area contributed by atoms with E-state index in [0.29, 0.717) is 12.1 Å². The Kier molecular flexibility index (Phi) is 3.84. The molecule has 15 heavy (non-hydrogen) atoms. The molecule has 0 heterocycles. The SMILES string of the molecule is COc1cc(NC=O)ccc1OC(F)F. The Morgan fingerprint density at radius 1 is 1.40 bits per heavy atom. The first-order valence-corrected chi connectivity index (χ1v) is 4.00. The number of nitrogens with one attached hydrogen (secondary N) is 1. The topological polar surface area (TPSA) is 47.6 Å². The summed E-state index contributed by atoms with van der Waals surface area (Å²) in [5, 5.41) is 2.36. The van der Waals surface area contributed by atoms with Crippen molar-refractivity contribution in [2.75, 3.05) is 12.4 Å². The Morgan fingerprint density at radius 2 is 2.13 bits per heavy atom. The van der Waals surface area contributed by atoms with E-state index in [9.17, 15) is 13.6 Å². The first-order chi connectivity index (χ1) is 7.17. The standard InChI is InChI=1S/C9H9F2NO3/c1-14-8-4-6(12-5-13)2-3-7(8)15-9(10)11/h2-5,9H,1H3,(H,12,13). The van der Waals surface area contributed by atoms with Gasteiger partial charge in [0.25, 0.3) is 0 Å². The minimum Gasteiger partial charge on any atom is -0.493 e. The molecule has 4 nitrogen and oxygen atoms in total. The van der Waals surface area contributed by atoms with Crippen molar-refractivity contribution in [1.82, 2.24) is 0 Å². The zero-order chi connectivity index (χ0) is 11.3. The van der Waals surface area contributed by atoms with E-state index in [-0.39, 0.29) is 11.5 Å². The van der Waals surface area contributed by atoms with E-state index < -0.39 is 6.61 Å². The van der Waals surface area contributed by atoms with Crippen LogP contribution in [0.4, 0.5) is 14.5 Å². The monoisotopic (exact) mass is 217 g/mol. The van der Waals surface area contributed by atoms with Gasteiger partial charge in [-0.3, -0.25) is 4.79 Å². The van der Waals surface area contributed by atoms with Crippen molar-refractivity contribution in [2.24, 2.45) is 0 Å². The molecule has 1 aromatic rings. The minimum absolute atomic E-state index is 0.0797. The molecule has 0 aliphatic heterocycles. The number of hydrogen-bond donors (Lipinski definition) is 1. The molecule has 0 fully saturated rings. The van der Waals surface area contributed by atoms with Gasteiger partial charge in [0.15, 0.2) is 11.5 Å². The van der Waals surface area contributed by atoms with Crippen LogP contribution < -0.4 is 14.8 Å². The molecule has 0 atom stereocenters. The Bertz CT molecular complexity index is 344. The normalized spacial score (nSPS) is 9.87. The number of benzene rings is 1. The lowest BCUT2D eigenvalue weighted by Gasteiger charge is -2.10. The molecule has 1 rings (SSSR count). The van der Waals surface area contributed by atoms with Gasteiger partial charge in [-0.05, 0) is 12.1 Å². The molecule has 1 N–H and O–H groups in total. The molecule has 0 aromatic heterocycles. The lowest BCUT2D eigenvalue weighted by Crippen LogP contribution is -2.04. The average molecular weight is 217 g/mol. The van der Waals surface area contributed by atoms with E-state index in [1.807, 2.05) is 0 Å². The second-order valence-corrected chi connectivity index (χ2v) is 2.51. The maximum Gasteiger partial charge on any atom is 0.387 e. The molecule has 0 aliphatic carbocycles. The number of carbonyl (C=O) groups is 1. The summed E-state index contributed by atoms with van der Waals surface area (Å²) < 4.78 is 32.9. The van der Waals surface area contributed by atoms with Crippen LogP contribution in [-0.4, -0.2) is 20.1 Å². The van der Waals surface area contributed by atoms with Crippen LogP contribution >= 0.6 is 0 Å². The van der Waals surface area contributed by atoms with Gasteiger partial charge >= 0.3 is 6.61 Å². The van der Waals surface area contributed by atoms with E-state index in [1.165, 1.54) is 25.3 Å². The largest absolute Gasteiger partial charge is 0.493 e. The minimum atomic E-state index is -2.91. The summed E-state index contributed by atoms with van der Waals surface area (Å²) in [4.78, 5) is 10.1. The van der Waals surface area contributed by atoms with Crippen molar-refractivity contribution in [3.05, 3.63) is 18.2 Å². The number of rotatable bonds is 5. The second kappa shape index (κ2) is 5.14. The predicted octanol–water partition coefficient (Wildman–Crippen LogP) is 1.86. The fourth-order valence-electron chi connectivity index (χ4n) is 1.02. The van der Waals surface area contributed by atoms with Crippen LogP contribution in [0.25, 0.3) is 0 Å². The third kappa shape index (κ3) is 3.08. The number of halogens is 2. The van der Waals surface area contributed by atoms with Gasteiger partial charge < -0.3 is 14.8 Å². The first-order valence-electron chi connectivity index (χ1n) is 4.00. The zero-order valence-corrected chi connectivity index (χ0v) is 7.87. The van der Waals surface area contributed by atoms with Crippen LogP contribution in [0.5, 0.6) is 11.5 Å². The van der Waals surface area contributed by atoms with Crippen LogP contribution in [0.1, 0.15) is 0 Å². The predicted molar refractivity (Wildman–Crippen MR) is 49.3 cm³/mol. The van der Waals surface area contributed by atoms with Crippen LogP contribution in [0.15, 0.2) is 18.2 Å². The third-order valence-corrected chi connectivity index (χ3v) is 1.61. The number of carbonyl (C=O) groups excluding carboxylic acids is 1. The maximum absolute atomic E-state index is 11.9. The summed E-state index contributed by atoms with van der Waals surface area (Å²) in [5.74, 6) is 0.0473. The lowest BCUT2D eigenvalue weighted by molar-refractivity contribution is -0.105. The average Bonchev–Trinajstić information content (AvgIpc) is 2.20. The van der Waals surface area contributed by atoms with Crippen LogP contribution in [0.3, 0.4) is 0 Å². The van der Waals surface area contributed by atoms with Crippen LogP contribution in [0, 0.1) is 0 Å². The summed E-state index contributed by atoms with van der Waals surface area (Å²) in [5.41, 5.74) is 0.434. The van der Waals surface area contributed by atoms with Crippen molar-refractivity contribution in [2.45, 2.75) is 6.61 Å². The van der Waals surface area contributed by atoms with Gasteiger partial charge in [-0.25, -0.2) is 0 Å². The summed E-state index contributed by atoms with van der Waals surface area (Å²) in [7, 11) is 1.32. The van der Waals surface area contributed by atoms with Gasteiger partial charge in [0.1, 0.15) is 0 Å². The molecule has 0 radical (unpaired) electrons. The highest BCUT2D eigenvalue weighted by atomic mass is 19.3. The molecule has 0 saturated heterocycles. The summed E-state index contributed by atoms with van der Waals surface area (Å²) in [6.07, 6.45) is 0.475. The number of anilines is 1. The van der Waals surface area contributed by atoms with Gasteiger partial charge in [0.05, 0.1) is 7.11 Å². The number of ether oxygens (including phenoxy) is 2. The summed E-state index contributed by atoms with van der Waals surface area (Å²) in [6, 6.07) is 4.09. The molecule has 1 amide bonds. The smallest absolute Gasteiger partial charge is 0.387 e. The quantitative estimate of drug-likeness (QED) is 0.766. The fraction of sp³-hybridized carbons (Fsp3) is 0.222. The number of methoxy groups -OCH3 is 1. The molecule has 0 bridgehead atoms. The molecule has 82 valence electrons. The van der Waals surface area contributed by atoms with Crippen molar-refractivity contribution in [3.63, 3.8) is 0 Å². The van der Waals surface area contributed by atoms with E-state index in [4.69, 9.17) is 4.74 Å². The highest BCUT2D eigenvalue weighted by Gasteiger charge is 2.10. The maximum atomic E-state index is 11.9. The van der Waals surface area contributed by atoms with Gasteiger partial charge in [-0.1, -0.05) is 0 Å². The first kappa shape index (κ1) is 11.2. The Balaban J connectivity index is 2.92. The van der Waals surface area contributed by atoms with Crippen molar-refractivity contribution in [1.29, 1.82) is 0 Å². The van der Waals surface area contributed by atoms with Gasteiger partial charge in [-0.2, -0.15) is 8.78 Å². The molecule has 6 heteroatoms. The van der Waals surface area contributed by atoms with Gasteiger partial charge in [0, 0.05) is 11.8 Å². The van der Waals surface area contributed by atoms with Crippen molar-refractivity contribution in [3.8, 4) is 11.5 Å². The third-order valence-electron chi connectivity index (χ3n) is 1.61. The Hall–Kier alpha value is -1.85. The highest BCUT2D eigenvalue weighted by Crippen LogP contribution is 2.31. The number of alkyl halides is 2. The van der Waals surface area contributed by atoms with E-state index in [2.05, 4.69) is 10.1 Å². The molecular weight excluding hydrogens is 208 g/mol. The van der Waals surface area contributed by atoms with Gasteiger partial charge in [-0.15, -0.1) is 0 Å². The summed E-state index contributed by atoms with van der Waals surface area (Å²) in [6.45, 7) is -2.91. The van der Waals surface area contributed by atoms with E-state index in [0.717, 1.165) is 0 Å². The number of amides is 1. The van der Waals surface area contributed by atoms with Gasteiger partial charge in [0.2, 0.25) is 6.41 Å². The summed E-state index contributed by atoms with van der Waals surface area (Å²) >= 11 is 0. The molecule has 0 spiro atoms. The van der Waals surface area contributed by atoms with Crippen molar-refractivity contribution >= 4 is 12.1 Å². The molecule has 0 saturated carbocycles. The van der Waals surface area contributed by atoms with Crippen molar-refractivity contribution < 1.29 is 23.0 Å². The highest BCUT2D eigenvalue weighted by molar-refractivity contribution is 5.72. The second-order valence-electron chi connectivity index (χ2n) is 2.51. The Morgan fingerprint density at radius 3 is 2.67 bits per heavy atom. The van der Waals surface area contributed by atoms with E-state index in [1.54, 1.807) is 0 Å². The molecule has 0 aliphatic rings. The van der Waals surface area contributed by atoms with Crippen LogP contribution in [-0.2, 0) is 4.79 Å². The molecular formula is C9H9F2NO3. The molecule has 1 aromatic carbocycles. The molecule has 0 unspecified atom stereocenters.